The van der Waals surface area contributed by atoms with Crippen LogP contribution in [-0.4, -0.2) is 34.6 Å². The van der Waals surface area contributed by atoms with Gasteiger partial charge in [0.25, 0.3) is 5.91 Å². The van der Waals surface area contributed by atoms with Crippen LogP contribution < -0.4 is 5.32 Å². The van der Waals surface area contributed by atoms with Crippen LogP contribution in [0.2, 0.25) is 0 Å². The van der Waals surface area contributed by atoms with Gasteiger partial charge in [0.2, 0.25) is 0 Å². The zero-order valence-electron chi connectivity index (χ0n) is 16.6. The molecule has 1 heterocycles. The Morgan fingerprint density at radius 2 is 2.14 bits per heavy atom. The van der Waals surface area contributed by atoms with E-state index in [-0.39, 0.29) is 11.9 Å². The molecule has 7 heteroatoms. The molecule has 1 amide bonds. The van der Waals surface area contributed by atoms with Gasteiger partial charge in [0.05, 0.1) is 24.6 Å². The minimum Gasteiger partial charge on any atom is -0.349 e. The van der Waals surface area contributed by atoms with Gasteiger partial charge < -0.3 is 5.32 Å². The van der Waals surface area contributed by atoms with Crippen molar-refractivity contribution in [1.82, 2.24) is 15.1 Å². The summed E-state index contributed by atoms with van der Waals surface area (Å²) in [4.78, 5) is 22.7. The molecule has 0 radical (unpaired) electrons. The van der Waals surface area contributed by atoms with E-state index >= 15 is 0 Å². The van der Waals surface area contributed by atoms with Gasteiger partial charge in [-0.3, -0.25) is 4.79 Å². The highest BCUT2D eigenvalue weighted by Crippen LogP contribution is 2.28. The molecule has 1 aromatic heterocycles. The number of hydrogen-bond acceptors (Lipinski definition) is 5. The number of carbonyl (C=O) groups excluding carboxylic acids is 1. The standard InChI is InChI=1S/C21H29N3O3S/c1-3-12-28-21-19(20(25)23-17-9-5-4-6-10-17)14-22-24(21)18-11-7-8-16(13-18)15-27-26-2/h7-8,11,13-14,17H,3-6,9-10,12,15H2,1-2H3,(H,23,25). The third-order valence-electron chi connectivity index (χ3n) is 4.85. The Hall–Kier alpha value is -1.83. The number of hydrogen-bond donors (Lipinski definition) is 1. The summed E-state index contributed by atoms with van der Waals surface area (Å²) in [5.74, 6) is 0.914. The fourth-order valence-electron chi connectivity index (χ4n) is 3.43. The minimum atomic E-state index is -0.0179. The molecule has 0 bridgehead atoms. The highest BCUT2D eigenvalue weighted by Gasteiger charge is 2.22. The predicted molar refractivity (Wildman–Crippen MR) is 111 cm³/mol. The second-order valence-corrected chi connectivity index (χ2v) is 8.11. The maximum atomic E-state index is 12.9. The predicted octanol–water partition coefficient (Wildman–Crippen LogP) is 4.51. The minimum absolute atomic E-state index is 0.0179. The number of rotatable bonds is 9. The van der Waals surface area contributed by atoms with Crippen molar-refractivity contribution in [1.29, 1.82) is 0 Å². The van der Waals surface area contributed by atoms with Crippen LogP contribution in [-0.2, 0) is 16.4 Å². The molecule has 152 valence electrons. The van der Waals surface area contributed by atoms with Crippen molar-refractivity contribution in [2.75, 3.05) is 12.9 Å². The molecule has 0 unspecified atom stereocenters. The molecule has 3 rings (SSSR count). The monoisotopic (exact) mass is 403 g/mol. The van der Waals surface area contributed by atoms with E-state index in [2.05, 4.69) is 17.3 Å². The second kappa shape index (κ2) is 10.6. The van der Waals surface area contributed by atoms with Crippen LogP contribution in [0.25, 0.3) is 5.69 Å². The summed E-state index contributed by atoms with van der Waals surface area (Å²) in [6.45, 7) is 2.50. The van der Waals surface area contributed by atoms with Crippen molar-refractivity contribution in [3.05, 3.63) is 41.6 Å². The van der Waals surface area contributed by atoms with Crippen molar-refractivity contribution >= 4 is 17.7 Å². The third kappa shape index (κ3) is 5.37. The van der Waals surface area contributed by atoms with E-state index in [9.17, 15) is 4.79 Å². The summed E-state index contributed by atoms with van der Waals surface area (Å²) in [6, 6.07) is 8.21. The van der Waals surface area contributed by atoms with Gasteiger partial charge in [0.15, 0.2) is 0 Å². The van der Waals surface area contributed by atoms with Crippen LogP contribution in [0.3, 0.4) is 0 Å². The second-order valence-electron chi connectivity index (χ2n) is 7.03. The van der Waals surface area contributed by atoms with E-state index < -0.39 is 0 Å². The normalized spacial score (nSPS) is 14.9. The highest BCUT2D eigenvalue weighted by atomic mass is 32.2. The average molecular weight is 404 g/mol. The van der Waals surface area contributed by atoms with Gasteiger partial charge in [-0.2, -0.15) is 5.10 Å². The van der Waals surface area contributed by atoms with Crippen LogP contribution in [0.4, 0.5) is 0 Å². The molecule has 0 spiro atoms. The van der Waals surface area contributed by atoms with E-state index in [0.717, 1.165) is 41.3 Å². The van der Waals surface area contributed by atoms with Gasteiger partial charge in [-0.05, 0) is 42.7 Å². The number of aromatic nitrogens is 2. The van der Waals surface area contributed by atoms with Crippen molar-refractivity contribution in [3.63, 3.8) is 0 Å². The molecule has 1 aliphatic carbocycles. The lowest BCUT2D eigenvalue weighted by molar-refractivity contribution is -0.282. The average Bonchev–Trinajstić information content (AvgIpc) is 3.15. The smallest absolute Gasteiger partial charge is 0.255 e. The Bertz CT molecular complexity index is 772. The van der Waals surface area contributed by atoms with Gasteiger partial charge >= 0.3 is 0 Å². The molecule has 0 saturated heterocycles. The molecular weight excluding hydrogens is 374 g/mol. The van der Waals surface area contributed by atoms with Crippen molar-refractivity contribution < 1.29 is 14.6 Å². The molecule has 28 heavy (non-hydrogen) atoms. The maximum Gasteiger partial charge on any atom is 0.255 e. The number of benzene rings is 1. The Kier molecular flexibility index (Phi) is 7.94. The van der Waals surface area contributed by atoms with Gasteiger partial charge in [-0.15, -0.1) is 11.8 Å². The highest BCUT2D eigenvalue weighted by molar-refractivity contribution is 7.99. The zero-order chi connectivity index (χ0) is 19.8. The van der Waals surface area contributed by atoms with Gasteiger partial charge in [-0.1, -0.05) is 38.3 Å². The van der Waals surface area contributed by atoms with E-state index in [4.69, 9.17) is 9.78 Å². The summed E-state index contributed by atoms with van der Waals surface area (Å²) in [6.07, 6.45) is 8.51. The largest absolute Gasteiger partial charge is 0.349 e. The summed E-state index contributed by atoms with van der Waals surface area (Å²) in [7, 11) is 1.49. The van der Waals surface area contributed by atoms with Crippen LogP contribution in [0.5, 0.6) is 0 Å². The molecule has 0 atom stereocenters. The number of carbonyl (C=O) groups is 1. The first-order valence-corrected chi connectivity index (χ1v) is 11.0. The summed E-state index contributed by atoms with van der Waals surface area (Å²) in [5, 5.41) is 8.64. The lowest BCUT2D eigenvalue weighted by Gasteiger charge is -2.22. The van der Waals surface area contributed by atoms with Crippen LogP contribution >= 0.6 is 11.8 Å². The van der Waals surface area contributed by atoms with Crippen molar-refractivity contribution in [2.24, 2.45) is 0 Å². The number of amides is 1. The van der Waals surface area contributed by atoms with E-state index in [1.807, 2.05) is 28.9 Å². The SMILES string of the molecule is CCCSc1c(C(=O)NC2CCCCC2)cnn1-c1cccc(COOC)c1. The van der Waals surface area contributed by atoms with E-state index in [1.165, 1.54) is 26.4 Å². The first-order chi connectivity index (χ1) is 13.7. The molecule has 1 N–H and O–H groups in total. The topological polar surface area (TPSA) is 65.4 Å². The van der Waals surface area contributed by atoms with Gasteiger partial charge in [0.1, 0.15) is 11.6 Å². The zero-order valence-corrected chi connectivity index (χ0v) is 17.5. The first kappa shape index (κ1) is 20.9. The summed E-state index contributed by atoms with van der Waals surface area (Å²) < 4.78 is 1.85. The Morgan fingerprint density at radius 1 is 1.32 bits per heavy atom. The fraction of sp³-hybridized carbons (Fsp3) is 0.524. The number of nitrogens with one attached hydrogen (secondary N) is 1. The summed E-state index contributed by atoms with van der Waals surface area (Å²) >= 11 is 1.67. The molecule has 1 saturated carbocycles. The van der Waals surface area contributed by atoms with E-state index in [0.29, 0.717) is 12.2 Å². The molecule has 0 aliphatic heterocycles. The molecule has 1 aliphatic rings. The molecule has 1 fully saturated rings. The summed E-state index contributed by atoms with van der Waals surface area (Å²) in [5.41, 5.74) is 2.55. The first-order valence-electron chi connectivity index (χ1n) is 9.99. The quantitative estimate of drug-likeness (QED) is 0.379. The van der Waals surface area contributed by atoms with Gasteiger partial charge in [-0.25, -0.2) is 14.5 Å². The number of nitrogens with zero attached hydrogens (tertiary/aromatic N) is 2. The molecule has 6 nitrogen and oxygen atoms in total. The maximum absolute atomic E-state index is 12.9. The Balaban J connectivity index is 1.84. The Morgan fingerprint density at radius 3 is 2.89 bits per heavy atom. The lowest BCUT2D eigenvalue weighted by Crippen LogP contribution is -2.36. The van der Waals surface area contributed by atoms with E-state index in [1.54, 1.807) is 18.0 Å². The number of thioether (sulfide) groups is 1. The van der Waals surface area contributed by atoms with Crippen molar-refractivity contribution in [3.8, 4) is 5.69 Å². The molecular formula is C21H29N3O3S. The van der Waals surface area contributed by atoms with Gasteiger partial charge in [0, 0.05) is 6.04 Å². The Labute approximate surface area is 170 Å². The molecule has 2 aromatic rings. The fourth-order valence-corrected chi connectivity index (χ4v) is 4.40. The van der Waals surface area contributed by atoms with Crippen LogP contribution in [0, 0.1) is 0 Å². The van der Waals surface area contributed by atoms with Crippen LogP contribution in [0.1, 0.15) is 61.4 Å². The third-order valence-corrected chi connectivity index (χ3v) is 6.13. The molecule has 1 aromatic carbocycles. The van der Waals surface area contributed by atoms with Crippen LogP contribution in [0.15, 0.2) is 35.5 Å². The lowest BCUT2D eigenvalue weighted by atomic mass is 9.95. The van der Waals surface area contributed by atoms with Crippen molar-refractivity contribution in [2.45, 2.75) is 63.1 Å².